The summed E-state index contributed by atoms with van der Waals surface area (Å²) in [5.41, 5.74) is 1.63. The van der Waals surface area contributed by atoms with Crippen LogP contribution in [0.3, 0.4) is 0 Å². The van der Waals surface area contributed by atoms with E-state index in [2.05, 4.69) is 15.3 Å². The standard InChI is InChI=1S/C18H24N4OS/c1-21(2)18(9-6-10-24-14-18)17(23)19-11-15-12-20-22(13-15)16-7-4-3-5-8-16/h3-5,7-8,12-13H,6,9-11,14H2,1-2H3,(H,19,23)/t18-/m1/s1. The molecular formula is C18H24N4OS. The third-order valence-electron chi connectivity index (χ3n) is 4.61. The minimum absolute atomic E-state index is 0.118. The number of hydrogen-bond acceptors (Lipinski definition) is 4. The van der Waals surface area contributed by atoms with Crippen LogP contribution in [0.25, 0.3) is 5.69 Å². The summed E-state index contributed by atoms with van der Waals surface area (Å²) in [5, 5.41) is 7.49. The minimum atomic E-state index is -0.391. The molecule has 24 heavy (non-hydrogen) atoms. The van der Waals surface area contributed by atoms with E-state index in [1.165, 1.54) is 0 Å². The van der Waals surface area contributed by atoms with Crippen molar-refractivity contribution in [2.75, 3.05) is 25.6 Å². The molecule has 5 nitrogen and oxygen atoms in total. The number of carbonyl (C=O) groups excluding carboxylic acids is 1. The largest absolute Gasteiger partial charge is 0.350 e. The second-order valence-electron chi connectivity index (χ2n) is 6.39. The molecule has 1 N–H and O–H groups in total. The van der Waals surface area contributed by atoms with E-state index in [0.29, 0.717) is 6.54 Å². The molecule has 0 bridgehead atoms. The molecule has 0 spiro atoms. The van der Waals surface area contributed by atoms with Gasteiger partial charge in [0.15, 0.2) is 0 Å². The van der Waals surface area contributed by atoms with E-state index < -0.39 is 5.54 Å². The zero-order valence-electron chi connectivity index (χ0n) is 14.2. The Balaban J connectivity index is 1.65. The number of amides is 1. The highest BCUT2D eigenvalue weighted by Crippen LogP contribution is 2.31. The molecule has 1 aliphatic rings. The molecule has 3 rings (SSSR count). The zero-order chi connectivity index (χ0) is 17.0. The Morgan fingerprint density at radius 3 is 2.83 bits per heavy atom. The molecule has 1 amide bonds. The van der Waals surface area contributed by atoms with Gasteiger partial charge in [-0.3, -0.25) is 9.69 Å². The van der Waals surface area contributed by atoms with Gasteiger partial charge in [0.25, 0.3) is 0 Å². The smallest absolute Gasteiger partial charge is 0.241 e. The number of aromatic nitrogens is 2. The average Bonchev–Trinajstić information content (AvgIpc) is 3.10. The molecule has 1 atom stereocenters. The number of nitrogens with one attached hydrogen (secondary N) is 1. The van der Waals surface area contributed by atoms with Crippen LogP contribution in [0.4, 0.5) is 0 Å². The first-order valence-electron chi connectivity index (χ1n) is 8.24. The fourth-order valence-corrected chi connectivity index (χ4v) is 4.40. The molecule has 0 aliphatic carbocycles. The average molecular weight is 344 g/mol. The first-order chi connectivity index (χ1) is 11.6. The van der Waals surface area contributed by atoms with Gasteiger partial charge in [-0.25, -0.2) is 4.68 Å². The maximum Gasteiger partial charge on any atom is 0.241 e. The molecule has 2 aromatic rings. The van der Waals surface area contributed by atoms with E-state index in [1.54, 1.807) is 0 Å². The van der Waals surface area contributed by atoms with E-state index >= 15 is 0 Å². The highest BCUT2D eigenvalue weighted by molar-refractivity contribution is 7.99. The summed E-state index contributed by atoms with van der Waals surface area (Å²) in [4.78, 5) is 14.9. The van der Waals surface area contributed by atoms with E-state index in [9.17, 15) is 4.79 Å². The number of hydrogen-bond donors (Lipinski definition) is 1. The number of benzene rings is 1. The van der Waals surface area contributed by atoms with Gasteiger partial charge in [0.1, 0.15) is 5.54 Å². The Morgan fingerprint density at radius 2 is 2.17 bits per heavy atom. The van der Waals surface area contributed by atoms with E-state index in [4.69, 9.17) is 0 Å². The molecule has 1 aliphatic heterocycles. The van der Waals surface area contributed by atoms with Crippen LogP contribution >= 0.6 is 11.8 Å². The highest BCUT2D eigenvalue weighted by Gasteiger charge is 2.41. The monoisotopic (exact) mass is 344 g/mol. The van der Waals surface area contributed by atoms with Gasteiger partial charge in [0, 0.05) is 24.1 Å². The molecule has 1 saturated heterocycles. The number of nitrogens with zero attached hydrogens (tertiary/aromatic N) is 3. The van der Waals surface area contributed by atoms with Crippen LogP contribution in [0.5, 0.6) is 0 Å². The van der Waals surface area contributed by atoms with Gasteiger partial charge >= 0.3 is 0 Å². The maximum absolute atomic E-state index is 12.8. The van der Waals surface area contributed by atoms with Crippen molar-refractivity contribution in [1.29, 1.82) is 0 Å². The Labute approximate surface area is 147 Å². The van der Waals surface area contributed by atoms with Crippen molar-refractivity contribution in [3.8, 4) is 5.69 Å². The number of likely N-dealkylation sites (N-methyl/N-ethyl adjacent to an activating group) is 1. The lowest BCUT2D eigenvalue weighted by Crippen LogP contribution is -2.59. The van der Waals surface area contributed by atoms with Gasteiger partial charge in [-0.05, 0) is 44.8 Å². The first kappa shape index (κ1) is 17.0. The molecule has 1 fully saturated rings. The number of carbonyl (C=O) groups is 1. The Bertz CT molecular complexity index is 677. The molecule has 6 heteroatoms. The van der Waals surface area contributed by atoms with Crippen LogP contribution in [0.15, 0.2) is 42.7 Å². The molecule has 0 unspecified atom stereocenters. The Kier molecular flexibility index (Phi) is 5.26. The first-order valence-corrected chi connectivity index (χ1v) is 9.40. The van der Waals surface area contributed by atoms with Crippen molar-refractivity contribution in [2.24, 2.45) is 0 Å². The summed E-state index contributed by atoms with van der Waals surface area (Å²) in [6, 6.07) is 9.97. The summed E-state index contributed by atoms with van der Waals surface area (Å²) < 4.78 is 1.83. The van der Waals surface area contributed by atoms with Crippen molar-refractivity contribution in [3.63, 3.8) is 0 Å². The van der Waals surface area contributed by atoms with Crippen molar-refractivity contribution in [3.05, 3.63) is 48.3 Å². The lowest BCUT2D eigenvalue weighted by Gasteiger charge is -2.40. The number of para-hydroxylation sites is 1. The summed E-state index contributed by atoms with van der Waals surface area (Å²) in [5.74, 6) is 2.12. The predicted molar refractivity (Wildman–Crippen MR) is 98.4 cm³/mol. The van der Waals surface area contributed by atoms with Crippen molar-refractivity contribution < 1.29 is 4.79 Å². The van der Waals surface area contributed by atoms with Crippen LogP contribution < -0.4 is 5.32 Å². The van der Waals surface area contributed by atoms with Crippen LogP contribution in [0.1, 0.15) is 18.4 Å². The molecular weight excluding hydrogens is 320 g/mol. The van der Waals surface area contributed by atoms with E-state index in [1.807, 2.05) is 73.3 Å². The van der Waals surface area contributed by atoms with Gasteiger partial charge in [0.05, 0.1) is 11.9 Å². The second kappa shape index (κ2) is 7.40. The fourth-order valence-electron chi connectivity index (χ4n) is 3.03. The molecule has 128 valence electrons. The zero-order valence-corrected chi connectivity index (χ0v) is 15.1. The lowest BCUT2D eigenvalue weighted by molar-refractivity contribution is -0.131. The minimum Gasteiger partial charge on any atom is -0.350 e. The maximum atomic E-state index is 12.8. The third kappa shape index (κ3) is 3.49. The van der Waals surface area contributed by atoms with Crippen molar-refractivity contribution in [1.82, 2.24) is 20.0 Å². The van der Waals surface area contributed by atoms with Crippen LogP contribution in [0, 0.1) is 0 Å². The predicted octanol–water partition coefficient (Wildman–Crippen LogP) is 2.32. The van der Waals surface area contributed by atoms with Gasteiger partial charge in [0.2, 0.25) is 5.91 Å². The lowest BCUT2D eigenvalue weighted by atomic mass is 9.92. The number of thioether (sulfide) groups is 1. The normalized spacial score (nSPS) is 21.0. The van der Waals surface area contributed by atoms with Gasteiger partial charge in [-0.15, -0.1) is 0 Å². The van der Waals surface area contributed by atoms with Crippen LogP contribution in [-0.4, -0.2) is 51.7 Å². The second-order valence-corrected chi connectivity index (χ2v) is 7.50. The third-order valence-corrected chi connectivity index (χ3v) is 5.87. The molecule has 1 aromatic heterocycles. The van der Waals surface area contributed by atoms with Gasteiger partial charge < -0.3 is 5.32 Å². The molecule has 2 heterocycles. The molecule has 1 aromatic carbocycles. The Hall–Kier alpha value is -1.79. The quantitative estimate of drug-likeness (QED) is 0.904. The van der Waals surface area contributed by atoms with E-state index in [-0.39, 0.29) is 5.91 Å². The summed E-state index contributed by atoms with van der Waals surface area (Å²) in [6.45, 7) is 0.506. The van der Waals surface area contributed by atoms with Gasteiger partial charge in [-0.1, -0.05) is 18.2 Å². The van der Waals surface area contributed by atoms with E-state index in [0.717, 1.165) is 35.6 Å². The van der Waals surface area contributed by atoms with Crippen molar-refractivity contribution in [2.45, 2.75) is 24.9 Å². The fraction of sp³-hybridized carbons (Fsp3) is 0.444. The summed E-state index contributed by atoms with van der Waals surface area (Å²) in [6.07, 6.45) is 5.78. The van der Waals surface area contributed by atoms with Gasteiger partial charge in [-0.2, -0.15) is 16.9 Å². The SMILES string of the molecule is CN(C)[C@]1(C(=O)NCc2cnn(-c3ccccc3)c2)CCCSC1. The molecule has 0 radical (unpaired) electrons. The van der Waals surface area contributed by atoms with Crippen LogP contribution in [-0.2, 0) is 11.3 Å². The van der Waals surface area contributed by atoms with Crippen LogP contribution in [0.2, 0.25) is 0 Å². The number of rotatable bonds is 5. The topological polar surface area (TPSA) is 50.2 Å². The highest BCUT2D eigenvalue weighted by atomic mass is 32.2. The Morgan fingerprint density at radius 1 is 1.38 bits per heavy atom. The summed E-state index contributed by atoms with van der Waals surface area (Å²) in [7, 11) is 4.00. The van der Waals surface area contributed by atoms with Crippen molar-refractivity contribution >= 4 is 17.7 Å². The molecule has 0 saturated carbocycles. The summed E-state index contributed by atoms with van der Waals surface area (Å²) >= 11 is 1.86.